The Kier molecular flexibility index (Phi) is 14.5. The molecule has 0 aliphatic heterocycles. The quantitative estimate of drug-likeness (QED) is 0.177. The molecule has 0 radical (unpaired) electrons. The van der Waals surface area contributed by atoms with Gasteiger partial charge in [-0.25, -0.2) is 4.98 Å². The van der Waals surface area contributed by atoms with Gasteiger partial charge in [-0.1, -0.05) is 59.9 Å². The predicted octanol–water partition coefficient (Wildman–Crippen LogP) is 7.79. The summed E-state index contributed by atoms with van der Waals surface area (Å²) in [5.74, 6) is 0.159. The number of aromatic amines is 1. The molecule has 4 rings (SSSR count). The maximum Gasteiger partial charge on any atom is 0.247 e. The lowest BCUT2D eigenvalue weighted by Gasteiger charge is -2.23. The highest BCUT2D eigenvalue weighted by Crippen LogP contribution is 2.29. The van der Waals surface area contributed by atoms with E-state index in [4.69, 9.17) is 9.72 Å². The fraction of sp³-hybridized carbons (Fsp3) is 0.333. The van der Waals surface area contributed by atoms with Gasteiger partial charge in [0.15, 0.2) is 5.65 Å². The van der Waals surface area contributed by atoms with Crippen LogP contribution in [0.1, 0.15) is 46.3 Å². The standard InChI is InChI=1S/C25H27N7O2.2C2H6.CH4.3H2/c1-4-22(33)27-18-9-6-8-17(14-18)23-21-16-26-31-24(21)30-25(29-23)28-19-10-7-11-20(15-19)32(5-2)12-13-34-3;2*1-2;;;;/h4,6-11,14-16H,1,5,12-13H2,2-3H3,(H,27,33)(H2,26,28,29,30,31);2*1-2H3;1H4;3*1H. The molecule has 0 bridgehead atoms. The average Bonchev–Trinajstić information content (AvgIpc) is 3.44. The Labute approximate surface area is 237 Å². The summed E-state index contributed by atoms with van der Waals surface area (Å²) >= 11 is 0. The van der Waals surface area contributed by atoms with Gasteiger partial charge in [-0.3, -0.25) is 9.89 Å². The number of carbonyl (C=O) groups excluding carboxylic acids is 1. The van der Waals surface area contributed by atoms with Gasteiger partial charge in [-0.15, -0.1) is 0 Å². The molecule has 0 spiro atoms. The molecule has 0 saturated carbocycles. The summed E-state index contributed by atoms with van der Waals surface area (Å²) in [6, 6.07) is 15.5. The van der Waals surface area contributed by atoms with Gasteiger partial charge >= 0.3 is 0 Å². The smallest absolute Gasteiger partial charge is 0.247 e. The second-order valence-electron chi connectivity index (χ2n) is 7.55. The maximum absolute atomic E-state index is 11.7. The van der Waals surface area contributed by atoms with E-state index in [0.29, 0.717) is 29.6 Å². The van der Waals surface area contributed by atoms with Gasteiger partial charge in [0.2, 0.25) is 11.9 Å². The number of fused-ring (bicyclic) bond motifs is 1. The molecule has 9 heteroatoms. The number of ether oxygens (including phenoxy) is 1. The first kappa shape index (κ1) is 32.8. The molecule has 3 N–H and O–H groups in total. The summed E-state index contributed by atoms with van der Waals surface area (Å²) in [7, 11) is 1.70. The van der Waals surface area contributed by atoms with E-state index >= 15 is 0 Å². The lowest BCUT2D eigenvalue weighted by atomic mass is 10.1. The number of rotatable bonds is 10. The number of hydrogen-bond acceptors (Lipinski definition) is 7. The Bertz CT molecular complexity index is 1320. The van der Waals surface area contributed by atoms with E-state index in [-0.39, 0.29) is 17.6 Å². The molecule has 9 nitrogen and oxygen atoms in total. The fourth-order valence-electron chi connectivity index (χ4n) is 3.63. The Morgan fingerprint density at radius 2 is 1.82 bits per heavy atom. The number of H-pyrrole nitrogens is 1. The van der Waals surface area contributed by atoms with Crippen LogP contribution in [0.4, 0.5) is 23.0 Å². The minimum atomic E-state index is -0.276. The van der Waals surface area contributed by atoms with Crippen molar-refractivity contribution < 1.29 is 13.8 Å². The van der Waals surface area contributed by atoms with E-state index in [1.54, 1.807) is 13.3 Å². The summed E-state index contributed by atoms with van der Waals surface area (Å²) in [6.07, 6.45) is 2.93. The topological polar surface area (TPSA) is 108 Å². The molecule has 39 heavy (non-hydrogen) atoms. The number of amides is 1. The van der Waals surface area contributed by atoms with Crippen molar-refractivity contribution in [3.63, 3.8) is 0 Å². The van der Waals surface area contributed by atoms with Crippen LogP contribution in [0.3, 0.4) is 0 Å². The molecule has 0 atom stereocenters. The van der Waals surface area contributed by atoms with Crippen molar-refractivity contribution in [1.82, 2.24) is 20.2 Å². The molecule has 0 aliphatic carbocycles. The molecular weight excluding hydrogens is 490 g/mol. The van der Waals surface area contributed by atoms with E-state index in [1.165, 1.54) is 6.08 Å². The van der Waals surface area contributed by atoms with Crippen LogP contribution in [-0.2, 0) is 9.53 Å². The third kappa shape index (κ3) is 8.93. The van der Waals surface area contributed by atoms with Crippen molar-refractivity contribution in [2.45, 2.75) is 42.0 Å². The largest absolute Gasteiger partial charge is 0.383 e. The van der Waals surface area contributed by atoms with Gasteiger partial charge in [0.1, 0.15) is 0 Å². The number of aromatic nitrogens is 4. The van der Waals surface area contributed by atoms with Crippen LogP contribution in [-0.4, -0.2) is 52.9 Å². The van der Waals surface area contributed by atoms with E-state index in [0.717, 1.165) is 35.4 Å². The van der Waals surface area contributed by atoms with Crippen LogP contribution in [0.15, 0.2) is 67.4 Å². The number of methoxy groups -OCH3 is 1. The van der Waals surface area contributed by atoms with Gasteiger partial charge in [0.25, 0.3) is 0 Å². The van der Waals surface area contributed by atoms with E-state index < -0.39 is 0 Å². The van der Waals surface area contributed by atoms with E-state index in [1.807, 2.05) is 64.1 Å². The number of nitrogens with zero attached hydrogens (tertiary/aromatic N) is 4. The molecular formula is C30H49N7O2. The van der Waals surface area contributed by atoms with Crippen LogP contribution >= 0.6 is 0 Å². The highest BCUT2D eigenvalue weighted by molar-refractivity contribution is 5.99. The second kappa shape index (κ2) is 17.3. The van der Waals surface area contributed by atoms with Crippen LogP contribution in [0.25, 0.3) is 22.3 Å². The van der Waals surface area contributed by atoms with Crippen LogP contribution in [0, 0.1) is 0 Å². The zero-order chi connectivity index (χ0) is 27.9. The highest BCUT2D eigenvalue weighted by atomic mass is 16.5. The Morgan fingerprint density at radius 3 is 2.51 bits per heavy atom. The number of hydrogen-bond donors (Lipinski definition) is 3. The van der Waals surface area contributed by atoms with Gasteiger partial charge in [0, 0.05) is 47.1 Å². The van der Waals surface area contributed by atoms with Crippen molar-refractivity contribution in [2.75, 3.05) is 42.3 Å². The zero-order valence-corrected chi connectivity index (χ0v) is 23.2. The van der Waals surface area contributed by atoms with Crippen LogP contribution in [0.5, 0.6) is 0 Å². The van der Waals surface area contributed by atoms with Crippen LogP contribution in [0.2, 0.25) is 0 Å². The summed E-state index contributed by atoms with van der Waals surface area (Å²) in [5, 5.41) is 13.9. The number of nitrogens with one attached hydrogen (secondary N) is 3. The first-order valence-electron chi connectivity index (χ1n) is 13.0. The molecule has 0 saturated heterocycles. The summed E-state index contributed by atoms with van der Waals surface area (Å²) in [5.41, 5.74) is 4.73. The van der Waals surface area contributed by atoms with Crippen molar-refractivity contribution >= 4 is 40.0 Å². The normalized spacial score (nSPS) is 9.69. The van der Waals surface area contributed by atoms with E-state index in [2.05, 4.69) is 56.4 Å². The van der Waals surface area contributed by atoms with Gasteiger partial charge < -0.3 is 20.3 Å². The first-order valence-corrected chi connectivity index (χ1v) is 13.0. The highest BCUT2D eigenvalue weighted by Gasteiger charge is 2.13. The molecule has 0 aliphatic rings. The lowest BCUT2D eigenvalue weighted by Crippen LogP contribution is -2.26. The summed E-state index contributed by atoms with van der Waals surface area (Å²) < 4.78 is 5.23. The van der Waals surface area contributed by atoms with Crippen molar-refractivity contribution in [3.8, 4) is 11.3 Å². The zero-order valence-electron chi connectivity index (χ0n) is 23.2. The van der Waals surface area contributed by atoms with Crippen LogP contribution < -0.4 is 15.5 Å². The molecule has 0 unspecified atom stereocenters. The Morgan fingerprint density at radius 1 is 1.10 bits per heavy atom. The second-order valence-corrected chi connectivity index (χ2v) is 7.55. The molecule has 0 fully saturated rings. The molecule has 1 amide bonds. The minimum Gasteiger partial charge on any atom is -0.383 e. The predicted molar refractivity (Wildman–Crippen MR) is 171 cm³/mol. The summed E-state index contributed by atoms with van der Waals surface area (Å²) in [4.78, 5) is 23.3. The number of likely N-dealkylation sites (N-methyl/N-ethyl adjacent to an activating group) is 1. The molecule has 2 aromatic carbocycles. The maximum atomic E-state index is 11.7. The Hall–Kier alpha value is -4.24. The van der Waals surface area contributed by atoms with Crippen molar-refractivity contribution in [1.29, 1.82) is 0 Å². The average molecular weight is 540 g/mol. The van der Waals surface area contributed by atoms with Gasteiger partial charge in [-0.2, -0.15) is 10.1 Å². The third-order valence-electron chi connectivity index (χ3n) is 5.31. The molecule has 2 heterocycles. The lowest BCUT2D eigenvalue weighted by molar-refractivity contribution is -0.111. The number of anilines is 4. The van der Waals surface area contributed by atoms with Crippen molar-refractivity contribution in [3.05, 3.63) is 67.4 Å². The first-order chi connectivity index (χ1) is 18.6. The van der Waals surface area contributed by atoms with Crippen molar-refractivity contribution in [2.24, 2.45) is 0 Å². The monoisotopic (exact) mass is 539 g/mol. The van der Waals surface area contributed by atoms with Gasteiger partial charge in [-0.05, 0) is 43.3 Å². The third-order valence-corrected chi connectivity index (χ3v) is 5.31. The number of benzene rings is 2. The molecule has 2 aromatic heterocycles. The SMILES string of the molecule is C.C=CC(=O)Nc1cccc(-c2nc(Nc3cccc(N(CC)CCOC)c3)nc3[nH]ncc23)c1.CC.CC.[HH].[HH].[HH]. The number of carbonyl (C=O) groups is 1. The summed E-state index contributed by atoms with van der Waals surface area (Å²) in [6.45, 7) is 15.9. The Balaban J connectivity index is -0.00000182. The molecule has 4 aromatic rings. The fourth-order valence-corrected chi connectivity index (χ4v) is 3.63. The molecule has 216 valence electrons. The minimum absolute atomic E-state index is 0. The van der Waals surface area contributed by atoms with Gasteiger partial charge in [0.05, 0.1) is 23.9 Å². The van der Waals surface area contributed by atoms with E-state index in [9.17, 15) is 4.79 Å².